The van der Waals surface area contributed by atoms with Gasteiger partial charge in [-0.2, -0.15) is 0 Å². The topological polar surface area (TPSA) is 54.4 Å². The fourth-order valence-corrected chi connectivity index (χ4v) is 8.37. The minimum absolute atomic E-state index is 0.0197. The van der Waals surface area contributed by atoms with E-state index in [-0.39, 0.29) is 11.0 Å². The molecule has 1 atom stereocenters. The molecule has 1 N–H and O–H groups in total. The van der Waals surface area contributed by atoms with Gasteiger partial charge in [-0.05, 0) is 64.2 Å². The summed E-state index contributed by atoms with van der Waals surface area (Å²) in [5.41, 5.74) is 0.0395. The molecule has 0 aliphatic heterocycles. The van der Waals surface area contributed by atoms with Gasteiger partial charge in [0.05, 0.1) is 29.1 Å². The average Bonchev–Trinajstić information content (AvgIpc) is 3.00. The first kappa shape index (κ1) is 45.2. The Kier molecular flexibility index (Phi) is 32.1. The Morgan fingerprint density at radius 1 is 0.500 bits per heavy atom. The van der Waals surface area contributed by atoms with Gasteiger partial charge in [0.1, 0.15) is 12.4 Å². The quantitative estimate of drug-likeness (QED) is 0.0317. The molecule has 0 fully saturated rings. The normalized spacial score (nSPS) is 13.0. The third kappa shape index (κ3) is 30.5. The summed E-state index contributed by atoms with van der Waals surface area (Å²) in [5, 5.41) is 11.0. The molecule has 0 aromatic heterocycles. The molecular formula is C41H79NO3P+. The number of hydrogen-bond acceptors (Lipinski definition) is 3. The van der Waals surface area contributed by atoms with Crippen molar-refractivity contribution in [1.29, 1.82) is 0 Å². The van der Waals surface area contributed by atoms with Crippen LogP contribution in [0.2, 0.25) is 0 Å². The van der Waals surface area contributed by atoms with Crippen LogP contribution >= 0.6 is 7.92 Å². The van der Waals surface area contributed by atoms with Crippen LogP contribution < -0.4 is 0 Å². The first-order valence-electron chi connectivity index (χ1n) is 19.9. The number of hydrogen-bond donors (Lipinski definition) is 1. The van der Waals surface area contributed by atoms with Crippen LogP contribution in [0.4, 0.5) is 0 Å². The maximum Gasteiger partial charge on any atom is 0.164 e. The van der Waals surface area contributed by atoms with Crippen molar-refractivity contribution in [3.05, 3.63) is 24.3 Å². The Balaban J connectivity index is 4.18. The molecule has 5 heteroatoms. The molecule has 0 aliphatic carbocycles. The maximum absolute atomic E-state index is 13.2. The van der Waals surface area contributed by atoms with Gasteiger partial charge in [-0.15, -0.1) is 0 Å². The van der Waals surface area contributed by atoms with Gasteiger partial charge < -0.3 is 9.59 Å². The second-order valence-corrected chi connectivity index (χ2v) is 17.1. The lowest BCUT2D eigenvalue weighted by atomic mass is 10.1. The highest BCUT2D eigenvalue weighted by Gasteiger charge is 2.35. The summed E-state index contributed by atoms with van der Waals surface area (Å²) >= 11 is 0. The number of carbonyl (C=O) groups is 2. The number of aliphatic hydroxyl groups excluding tert-OH is 1. The lowest BCUT2D eigenvalue weighted by molar-refractivity contribution is -0.871. The number of nitrogens with zero attached hydrogens (tertiary/aromatic N) is 1. The molecular weight excluding hydrogens is 585 g/mol. The molecule has 0 aromatic rings. The first-order chi connectivity index (χ1) is 22.2. The minimum Gasteiger partial charge on any atom is -0.382 e. The van der Waals surface area contributed by atoms with Crippen LogP contribution in [-0.2, 0) is 9.59 Å². The van der Waals surface area contributed by atoms with Gasteiger partial charge in [0.25, 0.3) is 0 Å². The first-order valence-corrected chi connectivity index (χ1v) is 21.3. The predicted molar refractivity (Wildman–Crippen MR) is 205 cm³/mol. The van der Waals surface area contributed by atoms with E-state index in [1.165, 1.54) is 116 Å². The number of rotatable bonds is 35. The van der Waals surface area contributed by atoms with Gasteiger partial charge in [-0.3, -0.25) is 9.59 Å². The van der Waals surface area contributed by atoms with Gasteiger partial charge in [-0.25, -0.2) is 0 Å². The average molecular weight is 665 g/mol. The standard InChI is InChI=1S/C41H79NO3P/c1-6-8-10-12-14-16-18-20-22-24-26-28-30-32-34-36-39(43)46(41(45)38-42(3,4)5)40(44)37-35-33-31-29-27-25-23-21-19-17-15-13-11-9-7-2/h20-23,41,45H,6-19,24-38H2,1-5H3/q+1/b22-20-,23-21-. The molecule has 0 rings (SSSR count). The van der Waals surface area contributed by atoms with E-state index in [2.05, 4.69) is 38.2 Å². The molecule has 0 aliphatic rings. The summed E-state index contributed by atoms with van der Waals surface area (Å²) in [6.07, 6.45) is 42.1. The monoisotopic (exact) mass is 665 g/mol. The zero-order valence-electron chi connectivity index (χ0n) is 31.6. The molecule has 0 aromatic carbocycles. The van der Waals surface area contributed by atoms with E-state index in [0.29, 0.717) is 23.9 Å². The minimum atomic E-state index is -1.65. The van der Waals surface area contributed by atoms with Crippen molar-refractivity contribution < 1.29 is 19.2 Å². The Morgan fingerprint density at radius 2 is 0.783 bits per heavy atom. The van der Waals surface area contributed by atoms with Crippen molar-refractivity contribution in [3.8, 4) is 0 Å². The molecule has 270 valence electrons. The molecule has 0 amide bonds. The smallest absolute Gasteiger partial charge is 0.164 e. The van der Waals surface area contributed by atoms with Gasteiger partial charge in [-0.1, -0.05) is 141 Å². The lowest BCUT2D eigenvalue weighted by Gasteiger charge is -2.29. The summed E-state index contributed by atoms with van der Waals surface area (Å²) in [7, 11) is 4.39. The summed E-state index contributed by atoms with van der Waals surface area (Å²) in [6.45, 7) is 4.98. The van der Waals surface area contributed by atoms with Crippen LogP contribution in [0.15, 0.2) is 24.3 Å². The highest BCUT2D eigenvalue weighted by molar-refractivity contribution is 7.89. The number of unbranched alkanes of at least 4 members (excludes halogenated alkanes) is 22. The second-order valence-electron chi connectivity index (χ2n) is 14.8. The summed E-state index contributed by atoms with van der Waals surface area (Å²) in [6, 6.07) is 0. The van der Waals surface area contributed by atoms with Gasteiger partial charge in [0.2, 0.25) is 0 Å². The van der Waals surface area contributed by atoms with Crippen molar-refractivity contribution >= 4 is 19.0 Å². The van der Waals surface area contributed by atoms with Crippen LogP contribution in [-0.4, -0.2) is 54.2 Å². The van der Waals surface area contributed by atoms with E-state index in [0.717, 1.165) is 51.4 Å². The highest BCUT2D eigenvalue weighted by atomic mass is 31.1. The van der Waals surface area contributed by atoms with Crippen LogP contribution in [0, 0.1) is 0 Å². The zero-order chi connectivity index (χ0) is 34.1. The second kappa shape index (κ2) is 32.7. The van der Waals surface area contributed by atoms with Crippen molar-refractivity contribution in [1.82, 2.24) is 0 Å². The van der Waals surface area contributed by atoms with Crippen molar-refractivity contribution in [2.45, 2.75) is 199 Å². The lowest BCUT2D eigenvalue weighted by Crippen LogP contribution is -2.41. The highest BCUT2D eigenvalue weighted by Crippen LogP contribution is 2.45. The van der Waals surface area contributed by atoms with Crippen molar-refractivity contribution in [2.24, 2.45) is 0 Å². The SMILES string of the molecule is CCCCCCCC/C=C\CCCCCCCC(=O)P(C(=O)CCCCCCC/C=C\CCCCCCCC)C(O)C[N+](C)(C)C. The molecule has 0 spiro atoms. The molecule has 0 heterocycles. The molecule has 0 saturated heterocycles. The van der Waals surface area contributed by atoms with Gasteiger partial charge >= 0.3 is 0 Å². The Morgan fingerprint density at radius 3 is 1.09 bits per heavy atom. The summed E-state index contributed by atoms with van der Waals surface area (Å²) < 4.78 is 0.557. The van der Waals surface area contributed by atoms with Crippen LogP contribution in [0.3, 0.4) is 0 Å². The third-order valence-electron chi connectivity index (χ3n) is 8.85. The van der Waals surface area contributed by atoms with Gasteiger partial charge in [0.15, 0.2) is 11.0 Å². The number of quaternary nitrogens is 1. The largest absolute Gasteiger partial charge is 0.382 e. The fourth-order valence-electron chi connectivity index (χ4n) is 5.98. The molecule has 46 heavy (non-hydrogen) atoms. The molecule has 0 saturated carbocycles. The molecule has 0 radical (unpaired) electrons. The summed E-state index contributed by atoms with van der Waals surface area (Å²) in [5.74, 6) is -0.832. The Hall–Kier alpha value is -0.830. The van der Waals surface area contributed by atoms with Crippen LogP contribution in [0.1, 0.15) is 194 Å². The number of likely N-dealkylation sites (N-methyl/N-ethyl adjacent to an activating group) is 1. The number of allylic oxidation sites excluding steroid dienone is 4. The molecule has 1 unspecified atom stereocenters. The summed E-state index contributed by atoms with van der Waals surface area (Å²) in [4.78, 5) is 26.5. The Bertz CT molecular complexity index is 705. The molecule has 0 bridgehead atoms. The fraction of sp³-hybridized carbons (Fsp3) is 0.854. The van der Waals surface area contributed by atoms with E-state index in [1.54, 1.807) is 0 Å². The van der Waals surface area contributed by atoms with E-state index in [9.17, 15) is 14.7 Å². The Labute approximate surface area is 289 Å². The van der Waals surface area contributed by atoms with Gasteiger partial charge in [0, 0.05) is 12.8 Å². The number of carbonyl (C=O) groups excluding carboxylic acids is 2. The van der Waals surface area contributed by atoms with E-state index in [1.807, 2.05) is 21.1 Å². The molecule has 4 nitrogen and oxygen atoms in total. The van der Waals surface area contributed by atoms with E-state index in [4.69, 9.17) is 0 Å². The van der Waals surface area contributed by atoms with Crippen molar-refractivity contribution in [3.63, 3.8) is 0 Å². The van der Waals surface area contributed by atoms with E-state index < -0.39 is 13.8 Å². The van der Waals surface area contributed by atoms with E-state index >= 15 is 0 Å². The number of aliphatic hydroxyl groups is 1. The van der Waals surface area contributed by atoms with Crippen LogP contribution in [0.25, 0.3) is 0 Å². The van der Waals surface area contributed by atoms with Crippen molar-refractivity contribution in [2.75, 3.05) is 27.7 Å². The third-order valence-corrected chi connectivity index (χ3v) is 11.1. The zero-order valence-corrected chi connectivity index (χ0v) is 32.4. The van der Waals surface area contributed by atoms with Crippen LogP contribution in [0.5, 0.6) is 0 Å². The predicted octanol–water partition coefficient (Wildman–Crippen LogP) is 12.6. The maximum atomic E-state index is 13.2.